The van der Waals surface area contributed by atoms with E-state index in [1.165, 1.54) is 12.8 Å². The molecular formula is C8H20N2Si. The third kappa shape index (κ3) is 1.25. The maximum atomic E-state index is 3.55. The lowest BCUT2D eigenvalue weighted by Crippen LogP contribution is -2.62. The van der Waals surface area contributed by atoms with E-state index in [1.54, 1.807) is 0 Å². The Morgan fingerprint density at radius 3 is 1.55 bits per heavy atom. The monoisotopic (exact) mass is 172 g/mol. The van der Waals surface area contributed by atoms with Crippen LogP contribution in [0.2, 0.25) is 11.1 Å². The molecule has 1 saturated heterocycles. The van der Waals surface area contributed by atoms with Crippen molar-refractivity contribution >= 4 is 8.40 Å². The van der Waals surface area contributed by atoms with Crippen LogP contribution in [0.1, 0.15) is 26.7 Å². The molecular weight excluding hydrogens is 152 g/mol. The standard InChI is InChI=1S/C8H20N2Si/c1-7-5-6-8(2)11(7,9-3)10-4/h7-10H,5-6H2,1-4H3. The first-order valence-corrected chi connectivity index (χ1v) is 6.70. The third-order valence-electron chi connectivity index (χ3n) is 3.41. The minimum absolute atomic E-state index is 0.882. The molecule has 0 aromatic carbocycles. The molecule has 2 atom stereocenters. The van der Waals surface area contributed by atoms with Gasteiger partial charge in [-0.05, 0) is 25.2 Å². The van der Waals surface area contributed by atoms with Crippen molar-refractivity contribution in [2.24, 2.45) is 0 Å². The number of nitrogens with one attached hydrogen (secondary N) is 2. The molecule has 0 spiro atoms. The Morgan fingerprint density at radius 2 is 1.36 bits per heavy atom. The van der Waals surface area contributed by atoms with Gasteiger partial charge in [-0.3, -0.25) is 0 Å². The van der Waals surface area contributed by atoms with E-state index in [0.29, 0.717) is 0 Å². The van der Waals surface area contributed by atoms with Crippen molar-refractivity contribution in [1.82, 2.24) is 9.96 Å². The highest BCUT2D eigenvalue weighted by Gasteiger charge is 2.46. The van der Waals surface area contributed by atoms with Gasteiger partial charge in [0.15, 0.2) is 0 Å². The van der Waals surface area contributed by atoms with E-state index in [4.69, 9.17) is 0 Å². The van der Waals surface area contributed by atoms with Crippen LogP contribution in [0.15, 0.2) is 0 Å². The predicted molar refractivity (Wildman–Crippen MR) is 52.0 cm³/mol. The Balaban J connectivity index is 2.76. The molecule has 0 aromatic rings. The van der Waals surface area contributed by atoms with Gasteiger partial charge < -0.3 is 9.96 Å². The van der Waals surface area contributed by atoms with Crippen LogP contribution < -0.4 is 9.96 Å². The summed E-state index contributed by atoms with van der Waals surface area (Å²) in [7, 11) is 2.94. The minimum Gasteiger partial charge on any atom is -0.328 e. The molecule has 1 fully saturated rings. The molecule has 0 saturated carbocycles. The molecule has 11 heavy (non-hydrogen) atoms. The average molecular weight is 172 g/mol. The number of hydrogen-bond donors (Lipinski definition) is 2. The largest absolute Gasteiger partial charge is 0.328 e. The maximum absolute atomic E-state index is 3.55. The van der Waals surface area contributed by atoms with Gasteiger partial charge in [-0.2, -0.15) is 0 Å². The van der Waals surface area contributed by atoms with Crippen LogP contribution in [0.3, 0.4) is 0 Å². The molecule has 3 heteroatoms. The highest BCUT2D eigenvalue weighted by molar-refractivity contribution is 6.78. The van der Waals surface area contributed by atoms with E-state index in [1.807, 2.05) is 0 Å². The predicted octanol–water partition coefficient (Wildman–Crippen LogP) is 1.44. The van der Waals surface area contributed by atoms with Crippen LogP contribution in [0, 0.1) is 0 Å². The molecule has 0 amide bonds. The lowest BCUT2D eigenvalue weighted by Gasteiger charge is -2.33. The zero-order valence-electron chi connectivity index (χ0n) is 8.07. The van der Waals surface area contributed by atoms with Gasteiger partial charge in [0.2, 0.25) is 8.40 Å². The SMILES string of the molecule is CN[Si]1(NC)C(C)CCC1C. The zero-order valence-corrected chi connectivity index (χ0v) is 9.07. The van der Waals surface area contributed by atoms with Crippen LogP contribution in [0.5, 0.6) is 0 Å². The van der Waals surface area contributed by atoms with Crippen molar-refractivity contribution in [3.05, 3.63) is 0 Å². The lowest BCUT2D eigenvalue weighted by molar-refractivity contribution is 0.765. The summed E-state index contributed by atoms with van der Waals surface area (Å²) in [5, 5.41) is 0. The fraction of sp³-hybridized carbons (Fsp3) is 1.00. The number of hydrogen-bond acceptors (Lipinski definition) is 2. The summed E-state index contributed by atoms with van der Waals surface area (Å²) in [4.78, 5) is 7.11. The molecule has 1 aliphatic heterocycles. The Labute approximate surface area is 70.9 Å². The van der Waals surface area contributed by atoms with E-state index in [0.717, 1.165) is 11.1 Å². The van der Waals surface area contributed by atoms with Gasteiger partial charge in [0, 0.05) is 0 Å². The first-order chi connectivity index (χ1) is 5.17. The number of rotatable bonds is 2. The van der Waals surface area contributed by atoms with Gasteiger partial charge in [-0.15, -0.1) is 0 Å². The van der Waals surface area contributed by atoms with Gasteiger partial charge in [-0.1, -0.05) is 26.7 Å². The van der Waals surface area contributed by atoms with Crippen LogP contribution in [-0.2, 0) is 0 Å². The molecule has 0 aromatic heterocycles. The Bertz CT molecular complexity index is 122. The molecule has 2 nitrogen and oxygen atoms in total. The van der Waals surface area contributed by atoms with Crippen LogP contribution >= 0.6 is 0 Å². The molecule has 0 radical (unpaired) electrons. The van der Waals surface area contributed by atoms with Crippen molar-refractivity contribution in [2.75, 3.05) is 14.1 Å². The molecule has 1 aliphatic rings. The second kappa shape index (κ2) is 3.25. The van der Waals surface area contributed by atoms with Gasteiger partial charge in [0.05, 0.1) is 0 Å². The molecule has 1 rings (SSSR count). The lowest BCUT2D eigenvalue weighted by atomic mass is 10.2. The fourth-order valence-electron chi connectivity index (χ4n) is 2.55. The van der Waals surface area contributed by atoms with Crippen molar-refractivity contribution < 1.29 is 0 Å². The third-order valence-corrected chi connectivity index (χ3v) is 8.76. The van der Waals surface area contributed by atoms with E-state index in [9.17, 15) is 0 Å². The van der Waals surface area contributed by atoms with Gasteiger partial charge >= 0.3 is 0 Å². The normalized spacial score (nSPS) is 36.0. The summed E-state index contributed by atoms with van der Waals surface area (Å²) in [6.07, 6.45) is 2.80. The van der Waals surface area contributed by atoms with Crippen LogP contribution in [0.4, 0.5) is 0 Å². The first kappa shape index (κ1) is 9.23. The van der Waals surface area contributed by atoms with E-state index < -0.39 is 8.40 Å². The second-order valence-electron chi connectivity index (χ2n) is 3.75. The highest BCUT2D eigenvalue weighted by Crippen LogP contribution is 2.42. The summed E-state index contributed by atoms with van der Waals surface area (Å²) >= 11 is 0. The van der Waals surface area contributed by atoms with Gasteiger partial charge in [0.25, 0.3) is 0 Å². The molecule has 0 aliphatic carbocycles. The van der Waals surface area contributed by atoms with E-state index in [2.05, 4.69) is 37.9 Å². The van der Waals surface area contributed by atoms with E-state index in [-0.39, 0.29) is 0 Å². The Kier molecular flexibility index (Phi) is 2.73. The summed E-state index contributed by atoms with van der Waals surface area (Å²) in [5.74, 6) is 0. The van der Waals surface area contributed by atoms with Gasteiger partial charge in [0.1, 0.15) is 0 Å². The molecule has 66 valence electrons. The molecule has 0 bridgehead atoms. The fourth-order valence-corrected chi connectivity index (χ4v) is 6.99. The Morgan fingerprint density at radius 1 is 1.00 bits per heavy atom. The summed E-state index contributed by atoms with van der Waals surface area (Å²) in [5.41, 5.74) is 1.76. The molecule has 1 heterocycles. The van der Waals surface area contributed by atoms with Crippen molar-refractivity contribution in [3.63, 3.8) is 0 Å². The highest BCUT2D eigenvalue weighted by atomic mass is 28.3. The summed E-state index contributed by atoms with van der Waals surface area (Å²) < 4.78 is 0. The van der Waals surface area contributed by atoms with E-state index >= 15 is 0 Å². The Hall–Kier alpha value is 0.137. The van der Waals surface area contributed by atoms with Crippen molar-refractivity contribution in [1.29, 1.82) is 0 Å². The van der Waals surface area contributed by atoms with Crippen LogP contribution in [0.25, 0.3) is 0 Å². The summed E-state index contributed by atoms with van der Waals surface area (Å²) in [6, 6.07) is 0. The second-order valence-corrected chi connectivity index (χ2v) is 8.46. The van der Waals surface area contributed by atoms with Crippen molar-refractivity contribution in [2.45, 2.75) is 37.8 Å². The minimum atomic E-state index is -1.29. The van der Waals surface area contributed by atoms with Gasteiger partial charge in [-0.25, -0.2) is 0 Å². The smallest absolute Gasteiger partial charge is 0.206 e. The molecule has 2 N–H and O–H groups in total. The summed E-state index contributed by atoms with van der Waals surface area (Å²) in [6.45, 7) is 4.76. The quantitative estimate of drug-likeness (QED) is 0.616. The average Bonchev–Trinajstić information content (AvgIpc) is 2.29. The zero-order chi connectivity index (χ0) is 8.48. The first-order valence-electron chi connectivity index (χ1n) is 4.55. The topological polar surface area (TPSA) is 24.1 Å². The molecule has 2 unspecified atom stereocenters. The maximum Gasteiger partial charge on any atom is 0.206 e. The van der Waals surface area contributed by atoms with Crippen LogP contribution in [-0.4, -0.2) is 22.5 Å². The van der Waals surface area contributed by atoms with Crippen molar-refractivity contribution in [3.8, 4) is 0 Å².